The quantitative estimate of drug-likeness (QED) is 0.641. The van der Waals surface area contributed by atoms with Gasteiger partial charge in [0.2, 0.25) is 0 Å². The number of ether oxygens (including phenoxy) is 1. The van der Waals surface area contributed by atoms with Crippen molar-refractivity contribution in [3.63, 3.8) is 0 Å². The van der Waals surface area contributed by atoms with Gasteiger partial charge in [-0.25, -0.2) is 4.79 Å². The van der Waals surface area contributed by atoms with Crippen LogP contribution in [-0.4, -0.2) is 36.3 Å². The number of ketones is 1. The maximum absolute atomic E-state index is 13.1. The number of methoxy groups -OCH3 is 1. The van der Waals surface area contributed by atoms with Crippen LogP contribution < -0.4 is 10.1 Å². The van der Waals surface area contributed by atoms with Crippen molar-refractivity contribution in [2.24, 2.45) is 0 Å². The Hall–Kier alpha value is -3.15. The highest BCUT2D eigenvalue weighted by Gasteiger charge is 2.49. The van der Waals surface area contributed by atoms with Gasteiger partial charge in [0.25, 0.3) is 5.91 Å². The van der Waals surface area contributed by atoms with Gasteiger partial charge in [-0.15, -0.1) is 0 Å². The molecule has 1 fully saturated rings. The third-order valence-corrected chi connectivity index (χ3v) is 5.64. The molecule has 1 aliphatic heterocycles. The lowest BCUT2D eigenvalue weighted by molar-refractivity contribution is -0.130. The monoisotopic (exact) mass is 378 g/mol. The summed E-state index contributed by atoms with van der Waals surface area (Å²) in [5.74, 6) is -0.182. The van der Waals surface area contributed by atoms with E-state index in [2.05, 4.69) is 5.32 Å². The molecule has 1 N–H and O–H groups in total. The van der Waals surface area contributed by atoms with Crippen molar-refractivity contribution in [1.29, 1.82) is 0 Å². The van der Waals surface area contributed by atoms with Crippen LogP contribution in [-0.2, 0) is 23.2 Å². The van der Waals surface area contributed by atoms with Crippen molar-refractivity contribution in [3.05, 3.63) is 64.7 Å². The molecular weight excluding hydrogens is 356 g/mol. The zero-order valence-corrected chi connectivity index (χ0v) is 16.0. The van der Waals surface area contributed by atoms with Crippen molar-refractivity contribution < 1.29 is 19.1 Å². The van der Waals surface area contributed by atoms with E-state index in [1.165, 1.54) is 18.2 Å². The molecule has 1 atom stereocenters. The molecule has 1 saturated heterocycles. The Balaban J connectivity index is 1.57. The first-order chi connectivity index (χ1) is 13.4. The number of hydrogen-bond acceptors (Lipinski definition) is 4. The lowest BCUT2D eigenvalue weighted by Crippen LogP contribution is -2.41. The van der Waals surface area contributed by atoms with Crippen molar-refractivity contribution in [3.8, 4) is 5.75 Å². The number of benzene rings is 2. The SMILES string of the molecule is COc1cccc(C(=O)CN2C(=O)NC(C)(c3ccc4c(c3)CCC4)C2=O)c1. The van der Waals surface area contributed by atoms with Crippen LogP contribution in [0.15, 0.2) is 42.5 Å². The number of nitrogens with one attached hydrogen (secondary N) is 1. The summed E-state index contributed by atoms with van der Waals surface area (Å²) in [6.45, 7) is 1.39. The van der Waals surface area contributed by atoms with Gasteiger partial charge in [-0.2, -0.15) is 0 Å². The van der Waals surface area contributed by atoms with Crippen LogP contribution in [0.25, 0.3) is 0 Å². The van der Waals surface area contributed by atoms with E-state index in [-0.39, 0.29) is 12.3 Å². The average molecular weight is 378 g/mol. The maximum atomic E-state index is 13.1. The van der Waals surface area contributed by atoms with Gasteiger partial charge >= 0.3 is 6.03 Å². The molecule has 1 unspecified atom stereocenters. The molecule has 6 heteroatoms. The minimum absolute atomic E-state index is 0.307. The summed E-state index contributed by atoms with van der Waals surface area (Å²) in [6, 6.07) is 12.1. The first-order valence-corrected chi connectivity index (χ1v) is 9.36. The standard InChI is InChI=1S/C22H22N2O4/c1-22(17-10-9-14-5-3-6-15(14)11-17)20(26)24(21(27)23-22)13-19(25)16-7-4-8-18(12-16)28-2/h4,7-12H,3,5-6,13H2,1-2H3,(H,23,27). The van der Waals surface area contributed by atoms with Gasteiger partial charge in [0, 0.05) is 5.56 Å². The molecule has 1 aliphatic carbocycles. The fourth-order valence-corrected chi connectivity index (χ4v) is 3.95. The highest BCUT2D eigenvalue weighted by atomic mass is 16.5. The van der Waals surface area contributed by atoms with Crippen LogP contribution in [0.4, 0.5) is 4.79 Å². The van der Waals surface area contributed by atoms with E-state index in [0.717, 1.165) is 29.7 Å². The molecule has 1 heterocycles. The third-order valence-electron chi connectivity index (χ3n) is 5.64. The van der Waals surface area contributed by atoms with Crippen LogP contribution in [0, 0.1) is 0 Å². The Morgan fingerprint density at radius 2 is 1.93 bits per heavy atom. The number of amides is 3. The van der Waals surface area contributed by atoms with Gasteiger partial charge in [-0.05, 0) is 55.0 Å². The van der Waals surface area contributed by atoms with Crippen molar-refractivity contribution in [2.45, 2.75) is 31.7 Å². The van der Waals surface area contributed by atoms with Gasteiger partial charge in [-0.1, -0.05) is 30.3 Å². The second kappa shape index (κ2) is 6.78. The van der Waals surface area contributed by atoms with Crippen LogP contribution in [0.1, 0.15) is 40.4 Å². The number of urea groups is 1. The molecule has 2 aromatic rings. The second-order valence-corrected chi connectivity index (χ2v) is 7.44. The molecular formula is C22H22N2O4. The van der Waals surface area contributed by atoms with Crippen LogP contribution in [0.2, 0.25) is 0 Å². The molecule has 0 bridgehead atoms. The number of rotatable bonds is 5. The predicted octanol–water partition coefficient (Wildman–Crippen LogP) is 2.83. The Kier molecular flexibility index (Phi) is 4.41. The number of aryl methyl sites for hydroxylation is 2. The summed E-state index contributed by atoms with van der Waals surface area (Å²) < 4.78 is 5.13. The van der Waals surface area contributed by atoms with Crippen molar-refractivity contribution >= 4 is 17.7 Å². The smallest absolute Gasteiger partial charge is 0.325 e. The van der Waals surface area contributed by atoms with E-state index in [1.54, 1.807) is 31.2 Å². The topological polar surface area (TPSA) is 75.7 Å². The third kappa shape index (κ3) is 2.95. The minimum Gasteiger partial charge on any atom is -0.497 e. The average Bonchev–Trinajstić information content (AvgIpc) is 3.26. The first-order valence-electron chi connectivity index (χ1n) is 9.36. The summed E-state index contributed by atoms with van der Waals surface area (Å²) >= 11 is 0. The number of fused-ring (bicyclic) bond motifs is 1. The van der Waals surface area contributed by atoms with E-state index in [0.29, 0.717) is 11.3 Å². The van der Waals surface area contributed by atoms with Crippen LogP contribution >= 0.6 is 0 Å². The van der Waals surface area contributed by atoms with Gasteiger partial charge in [-0.3, -0.25) is 14.5 Å². The number of carbonyl (C=O) groups excluding carboxylic acids is 3. The van der Waals surface area contributed by atoms with Gasteiger partial charge in [0.15, 0.2) is 5.78 Å². The second-order valence-electron chi connectivity index (χ2n) is 7.44. The zero-order valence-electron chi connectivity index (χ0n) is 16.0. The lowest BCUT2D eigenvalue weighted by Gasteiger charge is -2.23. The number of hydrogen-bond donors (Lipinski definition) is 1. The Bertz CT molecular complexity index is 984. The first kappa shape index (κ1) is 18.2. The summed E-state index contributed by atoms with van der Waals surface area (Å²) in [5, 5.41) is 2.78. The molecule has 4 rings (SSSR count). The van der Waals surface area contributed by atoms with E-state index < -0.39 is 17.5 Å². The number of carbonyl (C=O) groups is 3. The largest absolute Gasteiger partial charge is 0.497 e. The van der Waals surface area contributed by atoms with Crippen LogP contribution in [0.5, 0.6) is 5.75 Å². The normalized spacial score (nSPS) is 20.9. The minimum atomic E-state index is -1.16. The van der Waals surface area contributed by atoms with Crippen molar-refractivity contribution in [1.82, 2.24) is 10.2 Å². The Morgan fingerprint density at radius 1 is 1.14 bits per heavy atom. The van der Waals surface area contributed by atoms with Gasteiger partial charge < -0.3 is 10.1 Å². The zero-order chi connectivity index (χ0) is 19.9. The number of imide groups is 1. The highest BCUT2D eigenvalue weighted by Crippen LogP contribution is 2.32. The maximum Gasteiger partial charge on any atom is 0.325 e. The van der Waals surface area contributed by atoms with Crippen molar-refractivity contribution in [2.75, 3.05) is 13.7 Å². The summed E-state index contributed by atoms with van der Waals surface area (Å²) in [6.07, 6.45) is 3.14. The predicted molar refractivity (Wildman–Crippen MR) is 103 cm³/mol. The molecule has 144 valence electrons. The molecule has 0 aromatic heterocycles. The van der Waals surface area contributed by atoms with Crippen LogP contribution in [0.3, 0.4) is 0 Å². The molecule has 2 aliphatic rings. The number of Topliss-reactive ketones (excluding diaryl/α,β-unsaturated/α-hetero) is 1. The number of nitrogens with zero attached hydrogens (tertiary/aromatic N) is 1. The Labute approximate surface area is 163 Å². The summed E-state index contributed by atoms with van der Waals surface area (Å²) in [5.41, 5.74) is 2.51. The Morgan fingerprint density at radius 3 is 2.71 bits per heavy atom. The van der Waals surface area contributed by atoms with E-state index in [9.17, 15) is 14.4 Å². The van der Waals surface area contributed by atoms with E-state index in [4.69, 9.17) is 4.74 Å². The fourth-order valence-electron chi connectivity index (χ4n) is 3.95. The van der Waals surface area contributed by atoms with E-state index >= 15 is 0 Å². The molecule has 6 nitrogen and oxygen atoms in total. The summed E-state index contributed by atoms with van der Waals surface area (Å²) in [7, 11) is 1.52. The summed E-state index contributed by atoms with van der Waals surface area (Å²) in [4.78, 5) is 39.2. The molecule has 28 heavy (non-hydrogen) atoms. The molecule has 0 radical (unpaired) electrons. The lowest BCUT2D eigenvalue weighted by atomic mass is 9.89. The highest BCUT2D eigenvalue weighted by molar-refractivity contribution is 6.11. The van der Waals surface area contributed by atoms with E-state index in [1.807, 2.05) is 18.2 Å². The molecule has 3 amide bonds. The van der Waals surface area contributed by atoms with Gasteiger partial charge in [0.05, 0.1) is 13.7 Å². The molecule has 0 saturated carbocycles. The molecule has 2 aromatic carbocycles. The fraction of sp³-hybridized carbons (Fsp3) is 0.318. The molecule has 0 spiro atoms. The van der Waals surface area contributed by atoms with Gasteiger partial charge in [0.1, 0.15) is 11.3 Å².